The van der Waals surface area contributed by atoms with Crippen LogP contribution in [0.25, 0.3) is 0 Å². The van der Waals surface area contributed by atoms with E-state index in [4.69, 9.17) is 5.11 Å². The number of para-hydroxylation sites is 2. The molecular formula is C11H10N2O3. The molecule has 0 atom stereocenters. The zero-order valence-electron chi connectivity index (χ0n) is 8.60. The number of hydrogen-bond acceptors (Lipinski definition) is 3. The summed E-state index contributed by atoms with van der Waals surface area (Å²) in [5, 5.41) is 11.4. The Hall–Kier alpha value is -2.30. The number of carboxylic acid groups (broad SMARTS) is 1. The van der Waals surface area contributed by atoms with Crippen LogP contribution < -0.4 is 10.2 Å². The van der Waals surface area contributed by atoms with Crippen molar-refractivity contribution in [3.05, 3.63) is 36.0 Å². The third-order valence-corrected chi connectivity index (χ3v) is 2.34. The van der Waals surface area contributed by atoms with Gasteiger partial charge in [-0.25, -0.2) is 4.79 Å². The number of benzene rings is 1. The third-order valence-electron chi connectivity index (χ3n) is 2.34. The van der Waals surface area contributed by atoms with Crippen LogP contribution >= 0.6 is 0 Å². The molecule has 5 nitrogen and oxygen atoms in total. The van der Waals surface area contributed by atoms with Crippen molar-refractivity contribution in [2.24, 2.45) is 0 Å². The Morgan fingerprint density at radius 1 is 1.44 bits per heavy atom. The van der Waals surface area contributed by atoms with Crippen LogP contribution in [0.5, 0.6) is 0 Å². The first kappa shape index (κ1) is 10.2. The molecular weight excluding hydrogens is 208 g/mol. The van der Waals surface area contributed by atoms with Gasteiger partial charge in [-0.3, -0.25) is 4.79 Å². The highest BCUT2D eigenvalue weighted by atomic mass is 16.4. The van der Waals surface area contributed by atoms with Gasteiger partial charge in [-0.2, -0.15) is 0 Å². The molecule has 16 heavy (non-hydrogen) atoms. The van der Waals surface area contributed by atoms with Gasteiger partial charge in [0.1, 0.15) is 5.70 Å². The SMILES string of the molecule is CN1C(=O)/C(=C/C(=O)O)Nc2ccccc21. The van der Waals surface area contributed by atoms with Crippen molar-refractivity contribution in [3.63, 3.8) is 0 Å². The average Bonchev–Trinajstić information content (AvgIpc) is 2.25. The topological polar surface area (TPSA) is 69.6 Å². The summed E-state index contributed by atoms with van der Waals surface area (Å²) in [6, 6.07) is 7.20. The lowest BCUT2D eigenvalue weighted by molar-refractivity contribution is -0.131. The molecule has 0 saturated heterocycles. The molecule has 1 heterocycles. The summed E-state index contributed by atoms with van der Waals surface area (Å²) >= 11 is 0. The molecule has 0 radical (unpaired) electrons. The number of amides is 1. The maximum absolute atomic E-state index is 11.8. The number of carboxylic acids is 1. The second-order valence-corrected chi connectivity index (χ2v) is 3.40. The Kier molecular flexibility index (Phi) is 2.36. The normalized spacial score (nSPS) is 16.9. The Bertz CT molecular complexity index is 494. The summed E-state index contributed by atoms with van der Waals surface area (Å²) in [4.78, 5) is 23.7. The third kappa shape index (κ3) is 1.63. The van der Waals surface area contributed by atoms with Gasteiger partial charge in [-0.05, 0) is 12.1 Å². The number of anilines is 2. The van der Waals surface area contributed by atoms with E-state index in [-0.39, 0.29) is 11.6 Å². The maximum Gasteiger partial charge on any atom is 0.330 e. The summed E-state index contributed by atoms with van der Waals surface area (Å²) in [6.45, 7) is 0. The molecule has 0 spiro atoms. The van der Waals surface area contributed by atoms with E-state index in [1.54, 1.807) is 19.2 Å². The molecule has 0 saturated carbocycles. The van der Waals surface area contributed by atoms with Crippen molar-refractivity contribution in [1.82, 2.24) is 0 Å². The lowest BCUT2D eigenvalue weighted by Gasteiger charge is -2.28. The quantitative estimate of drug-likeness (QED) is 0.691. The van der Waals surface area contributed by atoms with Gasteiger partial charge in [-0.15, -0.1) is 0 Å². The molecule has 1 aromatic rings. The lowest BCUT2D eigenvalue weighted by atomic mass is 10.1. The van der Waals surface area contributed by atoms with Crippen LogP contribution in [-0.4, -0.2) is 24.0 Å². The zero-order chi connectivity index (χ0) is 11.7. The van der Waals surface area contributed by atoms with E-state index in [0.717, 1.165) is 17.5 Å². The van der Waals surface area contributed by atoms with Crippen LogP contribution in [0.2, 0.25) is 0 Å². The Labute approximate surface area is 92.0 Å². The minimum Gasteiger partial charge on any atom is -0.478 e. The Balaban J connectivity index is 2.47. The van der Waals surface area contributed by atoms with Gasteiger partial charge in [0, 0.05) is 7.05 Å². The molecule has 0 fully saturated rings. The lowest BCUT2D eigenvalue weighted by Crippen LogP contribution is -2.35. The van der Waals surface area contributed by atoms with Crippen LogP contribution in [0.3, 0.4) is 0 Å². The summed E-state index contributed by atoms with van der Waals surface area (Å²) in [5.41, 5.74) is 1.51. The van der Waals surface area contributed by atoms with Crippen molar-refractivity contribution in [3.8, 4) is 0 Å². The summed E-state index contributed by atoms with van der Waals surface area (Å²) in [6.07, 6.45) is 0.870. The molecule has 1 aromatic carbocycles. The van der Waals surface area contributed by atoms with Crippen LogP contribution in [0.1, 0.15) is 0 Å². The second-order valence-electron chi connectivity index (χ2n) is 3.40. The van der Waals surface area contributed by atoms with Crippen molar-refractivity contribution in [2.75, 3.05) is 17.3 Å². The fourth-order valence-electron chi connectivity index (χ4n) is 1.58. The van der Waals surface area contributed by atoms with E-state index in [1.165, 1.54) is 4.90 Å². The molecule has 1 aliphatic heterocycles. The van der Waals surface area contributed by atoms with E-state index in [1.807, 2.05) is 12.1 Å². The molecule has 0 aromatic heterocycles. The van der Waals surface area contributed by atoms with E-state index < -0.39 is 5.97 Å². The number of rotatable bonds is 1. The van der Waals surface area contributed by atoms with Gasteiger partial charge >= 0.3 is 5.97 Å². The molecule has 5 heteroatoms. The number of fused-ring (bicyclic) bond motifs is 1. The van der Waals surface area contributed by atoms with E-state index >= 15 is 0 Å². The number of aliphatic carboxylic acids is 1. The zero-order valence-corrected chi connectivity index (χ0v) is 8.60. The predicted octanol–water partition coefficient (Wildman–Crippen LogP) is 1.04. The standard InChI is InChI=1S/C11H10N2O3/c1-13-9-5-3-2-4-7(9)12-8(11(13)16)6-10(14)15/h2-6,12H,1H3,(H,14,15)/b8-6-. The van der Waals surface area contributed by atoms with Gasteiger partial charge in [0.25, 0.3) is 5.91 Å². The Morgan fingerprint density at radius 3 is 2.81 bits per heavy atom. The first-order chi connectivity index (χ1) is 7.59. The molecule has 0 bridgehead atoms. The van der Waals surface area contributed by atoms with Crippen molar-refractivity contribution in [1.29, 1.82) is 0 Å². The van der Waals surface area contributed by atoms with Gasteiger partial charge in [0.15, 0.2) is 0 Å². The van der Waals surface area contributed by atoms with Crippen molar-refractivity contribution < 1.29 is 14.7 Å². The molecule has 0 aliphatic carbocycles. The number of nitrogens with one attached hydrogen (secondary N) is 1. The molecule has 2 rings (SSSR count). The molecule has 1 aliphatic rings. The minimum atomic E-state index is -1.15. The number of hydrogen-bond donors (Lipinski definition) is 2. The highest BCUT2D eigenvalue weighted by Crippen LogP contribution is 2.30. The van der Waals surface area contributed by atoms with Crippen LogP contribution in [0.15, 0.2) is 36.0 Å². The monoisotopic (exact) mass is 218 g/mol. The second kappa shape index (κ2) is 3.69. The fraction of sp³-hybridized carbons (Fsp3) is 0.0909. The van der Waals surface area contributed by atoms with Gasteiger partial charge in [-0.1, -0.05) is 12.1 Å². The van der Waals surface area contributed by atoms with Gasteiger partial charge in [0.2, 0.25) is 0 Å². The average molecular weight is 218 g/mol. The highest BCUT2D eigenvalue weighted by Gasteiger charge is 2.25. The number of nitrogens with zero attached hydrogens (tertiary/aromatic N) is 1. The van der Waals surface area contributed by atoms with Crippen molar-refractivity contribution in [2.45, 2.75) is 0 Å². The number of likely N-dealkylation sites (N-methyl/N-ethyl adjacent to an activating group) is 1. The van der Waals surface area contributed by atoms with Crippen molar-refractivity contribution >= 4 is 23.3 Å². The maximum atomic E-state index is 11.8. The summed E-state index contributed by atoms with van der Waals surface area (Å²) < 4.78 is 0. The Morgan fingerprint density at radius 2 is 2.12 bits per heavy atom. The predicted molar refractivity (Wildman–Crippen MR) is 59.2 cm³/mol. The molecule has 2 N–H and O–H groups in total. The first-order valence-electron chi connectivity index (χ1n) is 4.68. The smallest absolute Gasteiger partial charge is 0.330 e. The largest absolute Gasteiger partial charge is 0.478 e. The van der Waals surface area contributed by atoms with Crippen LogP contribution in [0.4, 0.5) is 11.4 Å². The van der Waals surface area contributed by atoms with E-state index in [0.29, 0.717) is 0 Å². The molecule has 0 unspecified atom stereocenters. The minimum absolute atomic E-state index is 0.0636. The van der Waals surface area contributed by atoms with E-state index in [9.17, 15) is 9.59 Å². The molecule has 82 valence electrons. The highest BCUT2D eigenvalue weighted by molar-refractivity contribution is 6.14. The number of carbonyl (C=O) groups excluding carboxylic acids is 1. The summed E-state index contributed by atoms with van der Waals surface area (Å²) in [7, 11) is 1.61. The van der Waals surface area contributed by atoms with Gasteiger partial charge in [0.05, 0.1) is 17.5 Å². The molecule has 1 amide bonds. The summed E-state index contributed by atoms with van der Waals surface area (Å²) in [5.74, 6) is -1.51. The van der Waals surface area contributed by atoms with E-state index in [2.05, 4.69) is 5.32 Å². The van der Waals surface area contributed by atoms with Crippen LogP contribution in [-0.2, 0) is 9.59 Å². The van der Waals surface area contributed by atoms with Crippen LogP contribution in [0, 0.1) is 0 Å². The number of carbonyl (C=O) groups is 2. The fourth-order valence-corrected chi connectivity index (χ4v) is 1.58. The first-order valence-corrected chi connectivity index (χ1v) is 4.68. The van der Waals surface area contributed by atoms with Gasteiger partial charge < -0.3 is 15.3 Å².